The van der Waals surface area contributed by atoms with Crippen molar-refractivity contribution in [2.24, 2.45) is 0 Å². The van der Waals surface area contributed by atoms with Crippen molar-refractivity contribution in [3.63, 3.8) is 0 Å². The number of hydrogen-bond donors (Lipinski definition) is 0. The minimum Gasteiger partial charge on any atom is -0.376 e. The fourth-order valence-electron chi connectivity index (χ4n) is 2.72. The van der Waals surface area contributed by atoms with E-state index in [1.165, 1.54) is 12.0 Å². The molecule has 1 aliphatic rings. The first-order chi connectivity index (χ1) is 11.2. The third-order valence-corrected chi connectivity index (χ3v) is 4.15. The van der Waals surface area contributed by atoms with Crippen LogP contribution < -0.4 is 0 Å². The third kappa shape index (κ3) is 5.10. The van der Waals surface area contributed by atoms with Gasteiger partial charge in [0.15, 0.2) is 0 Å². The number of pyridine rings is 1. The van der Waals surface area contributed by atoms with Gasteiger partial charge in [-0.15, -0.1) is 0 Å². The van der Waals surface area contributed by atoms with E-state index < -0.39 is 0 Å². The number of nitriles is 1. The van der Waals surface area contributed by atoms with Crippen LogP contribution in [0.25, 0.3) is 0 Å². The number of aromatic nitrogens is 1. The maximum Gasteiger partial charge on any atom is 0.266 e. The number of carbonyl (C=O) groups excluding carboxylic acids is 1. The molecular weight excluding hydrogens is 288 g/mol. The fraction of sp³-hybridized carbons (Fsp3) is 0.500. The van der Waals surface area contributed by atoms with Gasteiger partial charge in [0.1, 0.15) is 11.6 Å². The molecule has 2 heterocycles. The SMILES string of the molecule is CCN(/C=C(/C#N)C(=O)N1CCCCC1)CCc1ccncc1. The van der Waals surface area contributed by atoms with Crippen molar-refractivity contribution in [3.05, 3.63) is 41.9 Å². The number of amides is 1. The lowest BCUT2D eigenvalue weighted by atomic mass is 10.1. The number of nitrogens with zero attached hydrogens (tertiary/aromatic N) is 4. The standard InChI is InChI=1S/C18H24N4O/c1-2-21(13-8-16-6-9-20-10-7-16)15-17(14-19)18(23)22-11-4-3-5-12-22/h6-7,9-10,15H,2-5,8,11-13H2,1H3/b17-15-. The van der Waals surface area contributed by atoms with Gasteiger partial charge in [0, 0.05) is 44.8 Å². The average Bonchev–Trinajstić information content (AvgIpc) is 2.63. The summed E-state index contributed by atoms with van der Waals surface area (Å²) in [5, 5.41) is 9.36. The summed E-state index contributed by atoms with van der Waals surface area (Å²) in [7, 11) is 0. The Kier molecular flexibility index (Phi) is 6.61. The van der Waals surface area contributed by atoms with Gasteiger partial charge in [-0.1, -0.05) is 0 Å². The molecule has 0 aliphatic carbocycles. The molecule has 0 radical (unpaired) electrons. The molecule has 23 heavy (non-hydrogen) atoms. The topological polar surface area (TPSA) is 60.2 Å². The summed E-state index contributed by atoms with van der Waals surface area (Å²) in [6, 6.07) is 6.06. The summed E-state index contributed by atoms with van der Waals surface area (Å²) < 4.78 is 0. The fourth-order valence-corrected chi connectivity index (χ4v) is 2.72. The number of piperidine rings is 1. The van der Waals surface area contributed by atoms with E-state index >= 15 is 0 Å². The van der Waals surface area contributed by atoms with Crippen molar-refractivity contribution in [2.45, 2.75) is 32.6 Å². The minimum absolute atomic E-state index is 0.130. The van der Waals surface area contributed by atoms with Crippen LogP contribution in [-0.2, 0) is 11.2 Å². The highest BCUT2D eigenvalue weighted by molar-refractivity contribution is 5.97. The van der Waals surface area contributed by atoms with Gasteiger partial charge in [-0.25, -0.2) is 0 Å². The van der Waals surface area contributed by atoms with Gasteiger partial charge in [0.05, 0.1) is 0 Å². The Bertz CT molecular complexity index is 570. The molecule has 0 saturated carbocycles. The molecule has 0 bridgehead atoms. The molecule has 5 nitrogen and oxygen atoms in total. The first-order valence-corrected chi connectivity index (χ1v) is 8.28. The molecule has 1 aromatic rings. The second kappa shape index (κ2) is 8.94. The molecule has 1 fully saturated rings. The highest BCUT2D eigenvalue weighted by Crippen LogP contribution is 2.12. The van der Waals surface area contributed by atoms with Gasteiger partial charge >= 0.3 is 0 Å². The van der Waals surface area contributed by atoms with Crippen molar-refractivity contribution in [3.8, 4) is 6.07 Å². The van der Waals surface area contributed by atoms with E-state index in [0.717, 1.165) is 45.4 Å². The first-order valence-electron chi connectivity index (χ1n) is 8.28. The highest BCUT2D eigenvalue weighted by Gasteiger charge is 2.20. The van der Waals surface area contributed by atoms with Gasteiger partial charge < -0.3 is 9.80 Å². The van der Waals surface area contributed by atoms with Crippen molar-refractivity contribution in [2.75, 3.05) is 26.2 Å². The van der Waals surface area contributed by atoms with E-state index in [4.69, 9.17) is 0 Å². The van der Waals surface area contributed by atoms with E-state index in [9.17, 15) is 10.1 Å². The largest absolute Gasteiger partial charge is 0.376 e. The Labute approximate surface area is 138 Å². The Morgan fingerprint density at radius 1 is 1.35 bits per heavy atom. The summed E-state index contributed by atoms with van der Waals surface area (Å²) in [5.74, 6) is -0.130. The summed E-state index contributed by atoms with van der Waals surface area (Å²) in [5.41, 5.74) is 1.44. The molecule has 1 saturated heterocycles. The highest BCUT2D eigenvalue weighted by atomic mass is 16.2. The van der Waals surface area contributed by atoms with Crippen LogP contribution in [0.3, 0.4) is 0 Å². The summed E-state index contributed by atoms with van der Waals surface area (Å²) in [6.45, 7) is 5.11. The molecule has 1 aromatic heterocycles. The first kappa shape index (κ1) is 17.0. The minimum atomic E-state index is -0.130. The summed E-state index contributed by atoms with van der Waals surface area (Å²) in [4.78, 5) is 20.3. The van der Waals surface area contributed by atoms with Gasteiger partial charge in [-0.2, -0.15) is 5.26 Å². The molecule has 0 atom stereocenters. The van der Waals surface area contributed by atoms with Gasteiger partial charge in [-0.05, 0) is 50.3 Å². The van der Waals surface area contributed by atoms with Crippen LogP contribution in [-0.4, -0.2) is 46.9 Å². The zero-order valence-electron chi connectivity index (χ0n) is 13.7. The van der Waals surface area contributed by atoms with Crippen molar-refractivity contribution in [1.82, 2.24) is 14.8 Å². The Morgan fingerprint density at radius 2 is 2.04 bits per heavy atom. The second-order valence-corrected chi connectivity index (χ2v) is 5.74. The van der Waals surface area contributed by atoms with Crippen LogP contribution in [0, 0.1) is 11.3 Å². The summed E-state index contributed by atoms with van der Waals surface area (Å²) >= 11 is 0. The number of likely N-dealkylation sites (N-methyl/N-ethyl adjacent to an activating group) is 1. The number of likely N-dealkylation sites (tertiary alicyclic amines) is 1. The number of rotatable bonds is 6. The molecule has 1 aliphatic heterocycles. The third-order valence-electron chi connectivity index (χ3n) is 4.15. The van der Waals surface area contributed by atoms with Crippen molar-refractivity contribution < 1.29 is 4.79 Å². The van der Waals surface area contributed by atoms with E-state index in [-0.39, 0.29) is 11.5 Å². The zero-order valence-corrected chi connectivity index (χ0v) is 13.7. The molecule has 5 heteroatoms. The lowest BCUT2D eigenvalue weighted by molar-refractivity contribution is -0.127. The van der Waals surface area contributed by atoms with Crippen LogP contribution >= 0.6 is 0 Å². The van der Waals surface area contributed by atoms with E-state index in [1.807, 2.05) is 24.0 Å². The van der Waals surface area contributed by atoms with E-state index in [1.54, 1.807) is 23.5 Å². The normalized spacial score (nSPS) is 15.1. The van der Waals surface area contributed by atoms with Crippen LogP contribution in [0.5, 0.6) is 0 Å². The molecular formula is C18H24N4O. The number of carbonyl (C=O) groups is 1. The maximum atomic E-state index is 12.5. The van der Waals surface area contributed by atoms with E-state index in [0.29, 0.717) is 0 Å². The molecule has 1 amide bonds. The average molecular weight is 312 g/mol. The Balaban J connectivity index is 1.99. The van der Waals surface area contributed by atoms with Crippen LogP contribution in [0.2, 0.25) is 0 Å². The molecule has 2 rings (SSSR count). The Morgan fingerprint density at radius 3 is 2.65 bits per heavy atom. The van der Waals surface area contributed by atoms with Gasteiger partial charge in [0.25, 0.3) is 5.91 Å². The predicted molar refractivity (Wildman–Crippen MR) is 89.3 cm³/mol. The molecule has 0 unspecified atom stereocenters. The van der Waals surface area contributed by atoms with Gasteiger partial charge in [0.2, 0.25) is 0 Å². The molecule has 0 N–H and O–H groups in total. The second-order valence-electron chi connectivity index (χ2n) is 5.74. The van der Waals surface area contributed by atoms with Crippen LogP contribution in [0.1, 0.15) is 31.7 Å². The number of hydrogen-bond acceptors (Lipinski definition) is 4. The summed E-state index contributed by atoms with van der Waals surface area (Å²) in [6.07, 6.45) is 9.38. The molecule has 0 spiro atoms. The van der Waals surface area contributed by atoms with Crippen LogP contribution in [0.4, 0.5) is 0 Å². The quantitative estimate of drug-likeness (QED) is 0.597. The van der Waals surface area contributed by atoms with Gasteiger partial charge in [-0.3, -0.25) is 9.78 Å². The predicted octanol–water partition coefficient (Wildman–Crippen LogP) is 2.37. The monoisotopic (exact) mass is 312 g/mol. The maximum absolute atomic E-state index is 12.5. The smallest absolute Gasteiger partial charge is 0.266 e. The molecule has 0 aromatic carbocycles. The zero-order chi connectivity index (χ0) is 16.5. The van der Waals surface area contributed by atoms with Crippen molar-refractivity contribution >= 4 is 5.91 Å². The lowest BCUT2D eigenvalue weighted by Gasteiger charge is -2.27. The Hall–Kier alpha value is -2.35. The molecule has 122 valence electrons. The lowest BCUT2D eigenvalue weighted by Crippen LogP contribution is -2.37. The van der Waals surface area contributed by atoms with Crippen molar-refractivity contribution in [1.29, 1.82) is 5.26 Å². The van der Waals surface area contributed by atoms with E-state index in [2.05, 4.69) is 11.1 Å². The van der Waals surface area contributed by atoms with Crippen LogP contribution in [0.15, 0.2) is 36.3 Å².